The number of halogens is 4. The second-order valence-corrected chi connectivity index (χ2v) is 9.31. The molecule has 9 heteroatoms. The van der Waals surface area contributed by atoms with Gasteiger partial charge in [0, 0.05) is 17.5 Å². The smallest absolute Gasteiger partial charge is 0.416 e. The molecule has 174 valence electrons. The number of rotatable bonds is 3. The predicted octanol–water partition coefficient (Wildman–Crippen LogP) is 5.99. The number of alkyl halides is 3. The Bertz CT molecular complexity index is 1140. The first-order chi connectivity index (χ1) is 15.8. The summed E-state index contributed by atoms with van der Waals surface area (Å²) in [6.07, 6.45) is -1.000. The Hall–Kier alpha value is -2.58. The summed E-state index contributed by atoms with van der Waals surface area (Å²) in [6, 6.07) is 10.8. The van der Waals surface area contributed by atoms with Crippen LogP contribution in [0, 0.1) is 0 Å². The van der Waals surface area contributed by atoms with Gasteiger partial charge in [0.1, 0.15) is 11.6 Å². The molecular formula is C24H24ClF3N4O. The molecular weight excluding hydrogens is 453 g/mol. The number of ether oxygens (including phenoxy) is 1. The van der Waals surface area contributed by atoms with Crippen molar-refractivity contribution in [2.24, 2.45) is 0 Å². The van der Waals surface area contributed by atoms with Gasteiger partial charge in [-0.25, -0.2) is 0 Å². The Balaban J connectivity index is 1.31. The van der Waals surface area contributed by atoms with Gasteiger partial charge < -0.3 is 4.74 Å². The number of hydrogen-bond acceptors (Lipinski definition) is 4. The first-order valence-corrected chi connectivity index (χ1v) is 11.4. The predicted molar refractivity (Wildman–Crippen MR) is 119 cm³/mol. The summed E-state index contributed by atoms with van der Waals surface area (Å²) in [6.45, 7) is 1.48. The highest BCUT2D eigenvalue weighted by molar-refractivity contribution is 6.30. The first kappa shape index (κ1) is 22.2. The van der Waals surface area contributed by atoms with Gasteiger partial charge in [0.05, 0.1) is 23.9 Å². The summed E-state index contributed by atoms with van der Waals surface area (Å²) < 4.78 is 46.5. The van der Waals surface area contributed by atoms with Crippen molar-refractivity contribution in [2.75, 3.05) is 7.05 Å². The zero-order chi connectivity index (χ0) is 23.2. The van der Waals surface area contributed by atoms with Gasteiger partial charge in [0.25, 0.3) is 0 Å². The highest BCUT2D eigenvalue weighted by atomic mass is 35.5. The van der Waals surface area contributed by atoms with Gasteiger partial charge in [-0.05, 0) is 80.8 Å². The molecule has 0 N–H and O–H groups in total. The molecule has 2 aromatic carbocycles. The van der Waals surface area contributed by atoms with Crippen molar-refractivity contribution in [3.8, 4) is 11.4 Å². The van der Waals surface area contributed by atoms with E-state index >= 15 is 0 Å². The van der Waals surface area contributed by atoms with Gasteiger partial charge in [-0.1, -0.05) is 11.6 Å². The molecule has 1 saturated carbocycles. The van der Waals surface area contributed by atoms with E-state index in [4.69, 9.17) is 16.3 Å². The molecule has 0 radical (unpaired) electrons. The van der Waals surface area contributed by atoms with Gasteiger partial charge >= 0.3 is 6.18 Å². The second-order valence-electron chi connectivity index (χ2n) is 8.87. The zero-order valence-electron chi connectivity index (χ0n) is 18.1. The zero-order valence-corrected chi connectivity index (χ0v) is 18.9. The fourth-order valence-corrected chi connectivity index (χ4v) is 5.00. The van der Waals surface area contributed by atoms with E-state index in [1.165, 1.54) is 12.1 Å². The van der Waals surface area contributed by atoms with Crippen LogP contribution < -0.4 is 4.74 Å². The van der Waals surface area contributed by atoms with Crippen LogP contribution in [-0.2, 0) is 19.3 Å². The molecule has 5 nitrogen and oxygen atoms in total. The van der Waals surface area contributed by atoms with E-state index in [9.17, 15) is 13.2 Å². The van der Waals surface area contributed by atoms with E-state index < -0.39 is 11.7 Å². The van der Waals surface area contributed by atoms with E-state index in [2.05, 4.69) is 26.7 Å². The molecule has 0 atom stereocenters. The lowest BCUT2D eigenvalue weighted by Crippen LogP contribution is -2.25. The van der Waals surface area contributed by atoms with Crippen molar-refractivity contribution >= 4 is 11.6 Å². The number of hydrogen-bond donors (Lipinski definition) is 0. The second kappa shape index (κ2) is 8.65. The molecule has 3 aromatic rings. The average Bonchev–Trinajstić information content (AvgIpc) is 3.11. The molecule has 2 aliphatic rings. The van der Waals surface area contributed by atoms with Crippen LogP contribution in [0.25, 0.3) is 5.69 Å². The van der Waals surface area contributed by atoms with E-state index in [0.717, 1.165) is 67.3 Å². The Kier molecular flexibility index (Phi) is 5.82. The summed E-state index contributed by atoms with van der Waals surface area (Å²) in [4.78, 5) is 2.20. The van der Waals surface area contributed by atoms with Gasteiger partial charge in [0.2, 0.25) is 0 Å². The van der Waals surface area contributed by atoms with E-state index in [1.807, 2.05) is 18.2 Å². The molecule has 1 aliphatic heterocycles. The van der Waals surface area contributed by atoms with Crippen LogP contribution in [0.15, 0.2) is 42.5 Å². The lowest BCUT2D eigenvalue weighted by Gasteiger charge is -2.29. The van der Waals surface area contributed by atoms with Crippen molar-refractivity contribution in [3.05, 3.63) is 70.3 Å². The highest BCUT2D eigenvalue weighted by Gasteiger charge is 2.32. The molecule has 1 aromatic heterocycles. The lowest BCUT2D eigenvalue weighted by atomic mass is 9.86. The molecule has 0 amide bonds. The van der Waals surface area contributed by atoms with Gasteiger partial charge in [-0.15, -0.1) is 10.2 Å². The molecule has 0 saturated heterocycles. The molecule has 33 heavy (non-hydrogen) atoms. The van der Waals surface area contributed by atoms with Crippen molar-refractivity contribution in [1.82, 2.24) is 19.7 Å². The third kappa shape index (κ3) is 4.59. The molecule has 1 aliphatic carbocycles. The lowest BCUT2D eigenvalue weighted by molar-refractivity contribution is -0.137. The van der Waals surface area contributed by atoms with Crippen LogP contribution in [0.5, 0.6) is 5.75 Å². The molecule has 0 spiro atoms. The summed E-state index contributed by atoms with van der Waals surface area (Å²) in [5.74, 6) is 2.58. The fraction of sp³-hybridized carbons (Fsp3) is 0.417. The summed E-state index contributed by atoms with van der Waals surface area (Å²) in [5, 5.41) is 9.77. The van der Waals surface area contributed by atoms with Crippen LogP contribution in [-0.4, -0.2) is 32.8 Å². The molecule has 0 bridgehead atoms. The Labute approximate surface area is 195 Å². The minimum atomic E-state index is -4.34. The Morgan fingerprint density at radius 1 is 0.970 bits per heavy atom. The Morgan fingerprint density at radius 2 is 1.70 bits per heavy atom. The quantitative estimate of drug-likeness (QED) is 0.465. The van der Waals surface area contributed by atoms with Crippen LogP contribution in [0.3, 0.4) is 0 Å². The van der Waals surface area contributed by atoms with Crippen molar-refractivity contribution in [3.63, 3.8) is 0 Å². The monoisotopic (exact) mass is 476 g/mol. The normalized spacial score (nSPS) is 21.2. The van der Waals surface area contributed by atoms with Gasteiger partial charge in [-0.2, -0.15) is 13.2 Å². The van der Waals surface area contributed by atoms with Gasteiger partial charge in [0.15, 0.2) is 5.82 Å². The maximum Gasteiger partial charge on any atom is 0.416 e. The van der Waals surface area contributed by atoms with Crippen LogP contribution in [0.4, 0.5) is 13.2 Å². The first-order valence-electron chi connectivity index (χ1n) is 11.0. The van der Waals surface area contributed by atoms with Crippen molar-refractivity contribution in [1.29, 1.82) is 0 Å². The van der Waals surface area contributed by atoms with Crippen LogP contribution >= 0.6 is 11.6 Å². The minimum Gasteiger partial charge on any atom is -0.490 e. The molecule has 5 rings (SSSR count). The van der Waals surface area contributed by atoms with Crippen molar-refractivity contribution < 1.29 is 17.9 Å². The fourth-order valence-electron chi connectivity index (χ4n) is 4.80. The average molecular weight is 477 g/mol. The minimum absolute atomic E-state index is 0.0262. The third-order valence-electron chi connectivity index (χ3n) is 6.41. The van der Waals surface area contributed by atoms with Crippen LogP contribution in [0.1, 0.15) is 54.4 Å². The summed E-state index contributed by atoms with van der Waals surface area (Å²) in [5.41, 5.74) is 1.55. The molecule has 1 fully saturated rings. The topological polar surface area (TPSA) is 43.2 Å². The maximum atomic E-state index is 12.8. The highest BCUT2D eigenvalue weighted by Crippen LogP contribution is 2.37. The van der Waals surface area contributed by atoms with E-state index in [-0.39, 0.29) is 12.0 Å². The number of nitrogens with zero attached hydrogens (tertiary/aromatic N) is 4. The molecule has 0 unspecified atom stereocenters. The number of aromatic nitrogens is 3. The summed E-state index contributed by atoms with van der Waals surface area (Å²) in [7, 11) is 2.05. The van der Waals surface area contributed by atoms with Crippen molar-refractivity contribution in [2.45, 2.75) is 57.0 Å². The Morgan fingerprint density at radius 3 is 2.39 bits per heavy atom. The number of fused-ring (bicyclic) bond motifs is 3. The van der Waals surface area contributed by atoms with Crippen LogP contribution in [0.2, 0.25) is 5.02 Å². The van der Waals surface area contributed by atoms with E-state index in [0.29, 0.717) is 17.3 Å². The maximum absolute atomic E-state index is 12.8. The largest absolute Gasteiger partial charge is 0.490 e. The standard InChI is InChI=1S/C24H24ClF3N4O/c1-31-13-16-12-18(25)6-11-21(16)32-22(14-31)29-30-23(32)15-2-7-19(8-3-15)33-20-9-4-17(5-10-20)24(26,27)28/h4-6,9-12,15,19H,2-3,7-8,13-14H2,1H3/t15-,19-. The SMILES string of the molecule is CN1Cc2cc(Cl)ccc2-n2c(nnc2[C@H]2CC[C@H](Oc3ccc(C(F)(F)F)cc3)CC2)C1. The number of benzene rings is 2. The van der Waals surface area contributed by atoms with E-state index in [1.54, 1.807) is 0 Å². The summed E-state index contributed by atoms with van der Waals surface area (Å²) >= 11 is 6.25. The molecule has 2 heterocycles. The van der Waals surface area contributed by atoms with Gasteiger partial charge in [-0.3, -0.25) is 9.47 Å². The third-order valence-corrected chi connectivity index (χ3v) is 6.65.